The number of hydrogen-bond donors (Lipinski definition) is 0. The summed E-state index contributed by atoms with van der Waals surface area (Å²) in [7, 11) is 3.81. The van der Waals surface area contributed by atoms with E-state index in [1.54, 1.807) is 12.4 Å². The van der Waals surface area contributed by atoms with Gasteiger partial charge < -0.3 is 5.01 Å². The van der Waals surface area contributed by atoms with Crippen molar-refractivity contribution in [3.8, 4) is 0 Å². The van der Waals surface area contributed by atoms with E-state index in [9.17, 15) is 4.79 Å². The lowest BCUT2D eigenvalue weighted by Gasteiger charge is -2.15. The Hall–Kier alpha value is -1.25. The molecule has 54 valence electrons. The molecule has 0 bridgehead atoms. The Balaban J connectivity index is 3.00. The first-order chi connectivity index (χ1) is 4.70. The predicted molar refractivity (Wildman–Crippen MR) is 40.8 cm³/mol. The maximum absolute atomic E-state index is 10.6. The summed E-state index contributed by atoms with van der Waals surface area (Å²) in [6.45, 7) is 0. The highest BCUT2D eigenvalue weighted by atomic mass is 16.1. The van der Waals surface area contributed by atoms with Gasteiger partial charge in [-0.1, -0.05) is 0 Å². The molecule has 0 N–H and O–H groups in total. The topological polar surface area (TPSA) is 25.2 Å². The monoisotopic (exact) mass is 138 g/mol. The van der Waals surface area contributed by atoms with Gasteiger partial charge in [-0.2, -0.15) is 0 Å². The Morgan fingerprint density at radius 2 is 1.80 bits per heavy atom. The summed E-state index contributed by atoms with van der Waals surface area (Å²) in [6, 6.07) is 3.06. The number of aromatic nitrogens is 1. The third kappa shape index (κ3) is 1.37. The smallest absolute Gasteiger partial charge is 0.181 e. The molecular weight excluding hydrogens is 128 g/mol. The Bertz CT molecular complexity index is 244. The van der Waals surface area contributed by atoms with E-state index in [4.69, 9.17) is 0 Å². The van der Waals surface area contributed by atoms with Crippen LogP contribution in [0.5, 0.6) is 0 Å². The fourth-order valence-electron chi connectivity index (χ4n) is 0.672. The summed E-state index contributed by atoms with van der Waals surface area (Å²) in [4.78, 5) is 10.6. The van der Waals surface area contributed by atoms with Crippen LogP contribution in [0.4, 0.5) is 0 Å². The minimum Gasteiger partial charge on any atom is -0.319 e. The van der Waals surface area contributed by atoms with Gasteiger partial charge in [0.25, 0.3) is 0 Å². The number of pyridine rings is 1. The highest BCUT2D eigenvalue weighted by molar-refractivity contribution is 4.96. The van der Waals surface area contributed by atoms with Crippen molar-refractivity contribution in [1.82, 2.24) is 4.68 Å². The Labute approximate surface area is 59.5 Å². The first-order valence-electron chi connectivity index (χ1n) is 3.06. The van der Waals surface area contributed by atoms with Gasteiger partial charge in [0.15, 0.2) is 5.43 Å². The lowest BCUT2D eigenvalue weighted by Crippen LogP contribution is -2.24. The molecule has 0 saturated heterocycles. The molecule has 1 heterocycles. The van der Waals surface area contributed by atoms with Crippen molar-refractivity contribution in [3.63, 3.8) is 0 Å². The molecule has 0 amide bonds. The van der Waals surface area contributed by atoms with E-state index in [1.165, 1.54) is 12.1 Å². The Morgan fingerprint density at radius 1 is 1.30 bits per heavy atom. The van der Waals surface area contributed by atoms with Gasteiger partial charge in [-0.3, -0.25) is 9.47 Å². The van der Waals surface area contributed by atoms with Gasteiger partial charge in [-0.15, -0.1) is 0 Å². The summed E-state index contributed by atoms with van der Waals surface area (Å²) in [5.41, 5.74) is 0.0399. The van der Waals surface area contributed by atoms with Gasteiger partial charge in [0.05, 0.1) is 0 Å². The van der Waals surface area contributed by atoms with Crippen molar-refractivity contribution in [1.29, 1.82) is 0 Å². The van der Waals surface area contributed by atoms with Crippen molar-refractivity contribution in [2.45, 2.75) is 0 Å². The fourth-order valence-corrected chi connectivity index (χ4v) is 0.672. The molecule has 1 aromatic rings. The summed E-state index contributed by atoms with van der Waals surface area (Å²) in [5, 5.41) is 1.87. The van der Waals surface area contributed by atoms with Crippen LogP contribution in [0.3, 0.4) is 0 Å². The molecule has 0 aliphatic heterocycles. The van der Waals surface area contributed by atoms with Crippen molar-refractivity contribution >= 4 is 0 Å². The van der Waals surface area contributed by atoms with Crippen LogP contribution in [0.1, 0.15) is 0 Å². The first-order valence-corrected chi connectivity index (χ1v) is 3.06. The second kappa shape index (κ2) is 2.56. The van der Waals surface area contributed by atoms with Crippen LogP contribution in [0.25, 0.3) is 0 Å². The number of rotatable bonds is 1. The largest absolute Gasteiger partial charge is 0.319 e. The van der Waals surface area contributed by atoms with Gasteiger partial charge in [0.2, 0.25) is 0 Å². The van der Waals surface area contributed by atoms with E-state index in [2.05, 4.69) is 0 Å². The van der Waals surface area contributed by atoms with Gasteiger partial charge in [-0.25, -0.2) is 0 Å². The molecule has 3 heteroatoms. The summed E-state index contributed by atoms with van der Waals surface area (Å²) in [5.74, 6) is 0. The zero-order valence-corrected chi connectivity index (χ0v) is 6.11. The molecule has 0 radical (unpaired) electrons. The Kier molecular flexibility index (Phi) is 1.76. The molecule has 0 atom stereocenters. The summed E-state index contributed by atoms with van der Waals surface area (Å²) < 4.78 is 1.82. The summed E-state index contributed by atoms with van der Waals surface area (Å²) in [6.07, 6.45) is 3.45. The molecule has 0 saturated carbocycles. The average Bonchev–Trinajstić information content (AvgIpc) is 1.88. The number of hydrogen-bond acceptors (Lipinski definition) is 2. The SMILES string of the molecule is CN(C)n1ccc(=O)cc1. The van der Waals surface area contributed by atoms with E-state index >= 15 is 0 Å². The molecule has 10 heavy (non-hydrogen) atoms. The highest BCUT2D eigenvalue weighted by Crippen LogP contribution is 1.80. The molecule has 0 aromatic carbocycles. The van der Waals surface area contributed by atoms with E-state index in [1.807, 2.05) is 23.8 Å². The third-order valence-corrected chi connectivity index (χ3v) is 1.24. The molecule has 1 rings (SSSR count). The maximum Gasteiger partial charge on any atom is 0.181 e. The van der Waals surface area contributed by atoms with Gasteiger partial charge in [0, 0.05) is 38.6 Å². The molecule has 3 nitrogen and oxygen atoms in total. The zero-order valence-electron chi connectivity index (χ0n) is 6.11. The van der Waals surface area contributed by atoms with Gasteiger partial charge in [-0.05, 0) is 0 Å². The number of nitrogens with zero attached hydrogens (tertiary/aromatic N) is 2. The van der Waals surface area contributed by atoms with Crippen molar-refractivity contribution in [3.05, 3.63) is 34.7 Å². The van der Waals surface area contributed by atoms with Crippen molar-refractivity contribution in [2.75, 3.05) is 19.1 Å². The molecule has 0 fully saturated rings. The Morgan fingerprint density at radius 3 is 2.20 bits per heavy atom. The second-order valence-electron chi connectivity index (χ2n) is 2.26. The fraction of sp³-hybridized carbons (Fsp3) is 0.286. The predicted octanol–water partition coefficient (Wildman–Crippen LogP) is 0.0459. The van der Waals surface area contributed by atoms with Crippen LogP contribution in [-0.2, 0) is 0 Å². The average molecular weight is 138 g/mol. The molecule has 0 aliphatic carbocycles. The quantitative estimate of drug-likeness (QED) is 0.547. The van der Waals surface area contributed by atoms with Crippen LogP contribution in [0.15, 0.2) is 29.3 Å². The minimum atomic E-state index is 0.0399. The summed E-state index contributed by atoms with van der Waals surface area (Å²) >= 11 is 0. The lowest BCUT2D eigenvalue weighted by molar-refractivity contribution is 0.723. The maximum atomic E-state index is 10.6. The zero-order chi connectivity index (χ0) is 7.56. The third-order valence-electron chi connectivity index (χ3n) is 1.24. The van der Waals surface area contributed by atoms with E-state index < -0.39 is 0 Å². The first kappa shape index (κ1) is 6.86. The van der Waals surface area contributed by atoms with Crippen molar-refractivity contribution < 1.29 is 0 Å². The molecular formula is C7H10N2O. The molecule has 1 aromatic heterocycles. The highest BCUT2D eigenvalue weighted by Gasteiger charge is 1.86. The van der Waals surface area contributed by atoms with Crippen LogP contribution in [0.2, 0.25) is 0 Å². The second-order valence-corrected chi connectivity index (χ2v) is 2.26. The minimum absolute atomic E-state index is 0.0399. The van der Waals surface area contributed by atoms with Crippen LogP contribution in [-0.4, -0.2) is 18.8 Å². The standard InChI is InChI=1S/C7H10N2O/c1-8(2)9-5-3-7(10)4-6-9/h3-6H,1-2H3. The van der Waals surface area contributed by atoms with E-state index in [0.29, 0.717) is 0 Å². The molecule has 0 aliphatic rings. The van der Waals surface area contributed by atoms with Gasteiger partial charge in [0.1, 0.15) is 0 Å². The van der Waals surface area contributed by atoms with Crippen LogP contribution < -0.4 is 10.4 Å². The normalized spacial score (nSPS) is 9.40. The van der Waals surface area contributed by atoms with Crippen molar-refractivity contribution in [2.24, 2.45) is 0 Å². The molecule has 0 unspecified atom stereocenters. The molecule has 0 spiro atoms. The van der Waals surface area contributed by atoms with Crippen LogP contribution in [0, 0.1) is 0 Å². The van der Waals surface area contributed by atoms with Crippen LogP contribution >= 0.6 is 0 Å². The van der Waals surface area contributed by atoms with E-state index in [-0.39, 0.29) is 5.43 Å². The lowest BCUT2D eigenvalue weighted by atomic mass is 10.5. The van der Waals surface area contributed by atoms with E-state index in [0.717, 1.165) is 0 Å². The van der Waals surface area contributed by atoms with Gasteiger partial charge >= 0.3 is 0 Å².